The first-order chi connectivity index (χ1) is 11.7. The highest BCUT2D eigenvalue weighted by molar-refractivity contribution is 5.84. The Morgan fingerprint density at radius 1 is 1.25 bits per heavy atom. The van der Waals surface area contributed by atoms with Crippen LogP contribution in [0.25, 0.3) is 10.8 Å². The van der Waals surface area contributed by atoms with Gasteiger partial charge in [-0.3, -0.25) is 14.8 Å². The average Bonchev–Trinajstić information content (AvgIpc) is 2.57. The van der Waals surface area contributed by atoms with E-state index in [0.717, 1.165) is 39.1 Å². The Morgan fingerprint density at radius 3 is 2.92 bits per heavy atom. The number of aliphatic hydroxyl groups is 1. The number of piperazine rings is 1. The first-order valence-electron chi connectivity index (χ1n) is 9.06. The second-order valence-corrected chi connectivity index (χ2v) is 7.30. The first-order valence-corrected chi connectivity index (χ1v) is 9.06. The lowest BCUT2D eigenvalue weighted by Crippen LogP contribution is -2.53. The van der Waals surface area contributed by atoms with Gasteiger partial charge >= 0.3 is 0 Å². The minimum absolute atomic E-state index is 0.271. The van der Waals surface area contributed by atoms with Gasteiger partial charge in [0.05, 0.1) is 0 Å². The summed E-state index contributed by atoms with van der Waals surface area (Å²) in [5, 5.41) is 11.9. The van der Waals surface area contributed by atoms with Crippen LogP contribution in [0.4, 0.5) is 0 Å². The van der Waals surface area contributed by atoms with Gasteiger partial charge in [-0.25, -0.2) is 0 Å². The molecule has 3 rings (SSSR count). The Bertz CT molecular complexity index is 653. The molecule has 2 aromatic rings. The fourth-order valence-corrected chi connectivity index (χ4v) is 3.80. The highest BCUT2D eigenvalue weighted by Gasteiger charge is 2.27. The second kappa shape index (κ2) is 8.06. The zero-order chi connectivity index (χ0) is 16.9. The minimum atomic E-state index is 0.271. The number of hydrogen-bond donors (Lipinski definition) is 1. The van der Waals surface area contributed by atoms with Crippen molar-refractivity contribution < 1.29 is 5.11 Å². The lowest BCUT2D eigenvalue weighted by atomic mass is 10.0. The van der Waals surface area contributed by atoms with Crippen molar-refractivity contribution >= 4 is 10.8 Å². The number of nitrogens with zero attached hydrogens (tertiary/aromatic N) is 3. The third-order valence-corrected chi connectivity index (χ3v) is 4.92. The lowest BCUT2D eigenvalue weighted by Gasteiger charge is -2.42. The van der Waals surface area contributed by atoms with Gasteiger partial charge in [-0.15, -0.1) is 0 Å². The summed E-state index contributed by atoms with van der Waals surface area (Å²) in [5.41, 5.74) is 1.37. The predicted octanol–water partition coefficient (Wildman–Crippen LogP) is 2.76. The van der Waals surface area contributed by atoms with Crippen LogP contribution in [0.2, 0.25) is 0 Å². The summed E-state index contributed by atoms with van der Waals surface area (Å²) in [6.07, 6.45) is 4.68. The number of benzene rings is 1. The number of aromatic nitrogens is 1. The molecule has 1 N–H and O–H groups in total. The van der Waals surface area contributed by atoms with E-state index in [0.29, 0.717) is 12.0 Å². The number of rotatable bonds is 6. The van der Waals surface area contributed by atoms with Gasteiger partial charge in [-0.2, -0.15) is 0 Å². The van der Waals surface area contributed by atoms with Crippen molar-refractivity contribution in [1.29, 1.82) is 0 Å². The van der Waals surface area contributed by atoms with Crippen molar-refractivity contribution in [2.45, 2.75) is 32.9 Å². The molecule has 4 heteroatoms. The highest BCUT2D eigenvalue weighted by Crippen LogP contribution is 2.22. The zero-order valence-electron chi connectivity index (χ0n) is 14.9. The third kappa shape index (κ3) is 4.12. The molecule has 0 bridgehead atoms. The summed E-state index contributed by atoms with van der Waals surface area (Å²) in [5.74, 6) is 0.670. The van der Waals surface area contributed by atoms with Crippen LogP contribution < -0.4 is 0 Å². The van der Waals surface area contributed by atoms with E-state index in [1.807, 2.05) is 12.4 Å². The van der Waals surface area contributed by atoms with Crippen LogP contribution in [-0.2, 0) is 6.54 Å². The Hall–Kier alpha value is -1.49. The fourth-order valence-electron chi connectivity index (χ4n) is 3.80. The average molecular weight is 327 g/mol. The molecule has 4 nitrogen and oxygen atoms in total. The molecule has 1 aliphatic rings. The van der Waals surface area contributed by atoms with E-state index < -0.39 is 0 Å². The highest BCUT2D eigenvalue weighted by atomic mass is 16.3. The van der Waals surface area contributed by atoms with E-state index in [2.05, 4.69) is 52.9 Å². The number of pyridine rings is 1. The molecule has 0 radical (unpaired) electrons. The fraction of sp³-hybridized carbons (Fsp3) is 0.550. The molecule has 1 atom stereocenters. The summed E-state index contributed by atoms with van der Waals surface area (Å²) in [6.45, 7) is 10.1. The molecule has 1 aliphatic heterocycles. The van der Waals surface area contributed by atoms with E-state index in [1.54, 1.807) is 0 Å². The normalized spacial score (nSPS) is 20.1. The summed E-state index contributed by atoms with van der Waals surface area (Å²) in [4.78, 5) is 9.32. The molecule has 0 aliphatic carbocycles. The Kier molecular flexibility index (Phi) is 5.82. The SMILES string of the molecule is CC(C)CN1CCN(Cc2cccc3cnccc23)C[C@H]1CCO. The van der Waals surface area contributed by atoms with Crippen molar-refractivity contribution in [1.82, 2.24) is 14.8 Å². The largest absolute Gasteiger partial charge is 0.396 e. The third-order valence-electron chi connectivity index (χ3n) is 4.92. The van der Waals surface area contributed by atoms with Gasteiger partial charge in [-0.1, -0.05) is 32.0 Å². The standard InChI is InChI=1S/C20H29N3O/c1-16(2)13-23-10-9-22(15-19(23)7-11-24)14-18-5-3-4-17-12-21-8-6-20(17)18/h3-6,8,12,16,19,24H,7,9-11,13-15H2,1-2H3/t19-/m1/s1. The molecule has 0 saturated carbocycles. The van der Waals surface area contributed by atoms with Gasteiger partial charge < -0.3 is 5.11 Å². The minimum Gasteiger partial charge on any atom is -0.396 e. The molecule has 0 unspecified atom stereocenters. The molecule has 130 valence electrons. The number of fused-ring (bicyclic) bond motifs is 1. The van der Waals surface area contributed by atoms with Crippen LogP contribution in [0.3, 0.4) is 0 Å². The monoisotopic (exact) mass is 327 g/mol. The van der Waals surface area contributed by atoms with Crippen LogP contribution >= 0.6 is 0 Å². The Morgan fingerprint density at radius 2 is 2.12 bits per heavy atom. The summed E-state index contributed by atoms with van der Waals surface area (Å²) in [6, 6.07) is 9.05. The van der Waals surface area contributed by atoms with Crippen molar-refractivity contribution in [3.63, 3.8) is 0 Å². The van der Waals surface area contributed by atoms with Crippen molar-refractivity contribution in [3.8, 4) is 0 Å². The van der Waals surface area contributed by atoms with E-state index in [-0.39, 0.29) is 6.61 Å². The molecular weight excluding hydrogens is 298 g/mol. The molecule has 0 spiro atoms. The van der Waals surface area contributed by atoms with Crippen LogP contribution in [-0.4, -0.2) is 58.7 Å². The molecule has 1 saturated heterocycles. The van der Waals surface area contributed by atoms with Crippen LogP contribution in [0.5, 0.6) is 0 Å². The van der Waals surface area contributed by atoms with Gasteiger partial charge in [0.2, 0.25) is 0 Å². The van der Waals surface area contributed by atoms with E-state index in [1.165, 1.54) is 16.3 Å². The zero-order valence-corrected chi connectivity index (χ0v) is 14.9. The number of hydrogen-bond acceptors (Lipinski definition) is 4. The smallest absolute Gasteiger partial charge is 0.0446 e. The number of aliphatic hydroxyl groups excluding tert-OH is 1. The lowest BCUT2D eigenvalue weighted by molar-refractivity contribution is 0.0479. The summed E-state index contributed by atoms with van der Waals surface area (Å²) in [7, 11) is 0. The van der Waals surface area contributed by atoms with Gasteiger partial charge in [0.1, 0.15) is 0 Å². The van der Waals surface area contributed by atoms with Crippen molar-refractivity contribution in [3.05, 3.63) is 42.2 Å². The maximum atomic E-state index is 9.44. The Labute approximate surface area is 145 Å². The van der Waals surface area contributed by atoms with Gasteiger partial charge in [0.25, 0.3) is 0 Å². The maximum absolute atomic E-state index is 9.44. The van der Waals surface area contributed by atoms with E-state index >= 15 is 0 Å². The maximum Gasteiger partial charge on any atom is 0.0446 e. The van der Waals surface area contributed by atoms with Crippen molar-refractivity contribution in [2.75, 3.05) is 32.8 Å². The molecule has 1 fully saturated rings. The predicted molar refractivity (Wildman–Crippen MR) is 98.9 cm³/mol. The Balaban J connectivity index is 1.71. The quantitative estimate of drug-likeness (QED) is 0.885. The van der Waals surface area contributed by atoms with Crippen molar-refractivity contribution in [2.24, 2.45) is 5.92 Å². The molecule has 2 heterocycles. The van der Waals surface area contributed by atoms with Gasteiger partial charge in [0.15, 0.2) is 0 Å². The summed E-state index contributed by atoms with van der Waals surface area (Å²) < 4.78 is 0. The second-order valence-electron chi connectivity index (χ2n) is 7.30. The first kappa shape index (κ1) is 17.3. The van der Waals surface area contributed by atoms with Gasteiger partial charge in [0, 0.05) is 63.2 Å². The molecule has 0 amide bonds. The molecule has 24 heavy (non-hydrogen) atoms. The molecular formula is C20H29N3O. The summed E-state index contributed by atoms with van der Waals surface area (Å²) >= 11 is 0. The topological polar surface area (TPSA) is 39.6 Å². The van der Waals surface area contributed by atoms with Crippen LogP contribution in [0.1, 0.15) is 25.8 Å². The van der Waals surface area contributed by atoms with Crippen LogP contribution in [0, 0.1) is 5.92 Å². The van der Waals surface area contributed by atoms with Crippen LogP contribution in [0.15, 0.2) is 36.7 Å². The van der Waals surface area contributed by atoms with E-state index in [9.17, 15) is 5.11 Å². The molecule has 1 aromatic carbocycles. The van der Waals surface area contributed by atoms with E-state index in [4.69, 9.17) is 0 Å². The molecule has 1 aromatic heterocycles. The van der Waals surface area contributed by atoms with Gasteiger partial charge in [-0.05, 0) is 29.4 Å².